The molecular formula is C19H23N5O2. The lowest BCUT2D eigenvalue weighted by molar-refractivity contribution is -0.129. The fraction of sp³-hybridized carbons (Fsp3) is 0.368. The Morgan fingerprint density at radius 2 is 1.77 bits per heavy atom. The SMILES string of the molecule is CC(=O)c1cccc(Nc2cc(N3CCN(C(C)=O)CC3)nc(C)n2)c1. The number of carbonyl (C=O) groups excluding carboxylic acids is 2. The molecule has 0 atom stereocenters. The van der Waals surface area contributed by atoms with Gasteiger partial charge in [-0.2, -0.15) is 0 Å². The van der Waals surface area contributed by atoms with E-state index in [2.05, 4.69) is 20.2 Å². The fourth-order valence-electron chi connectivity index (χ4n) is 2.99. The molecule has 26 heavy (non-hydrogen) atoms. The topological polar surface area (TPSA) is 78.4 Å². The van der Waals surface area contributed by atoms with E-state index < -0.39 is 0 Å². The molecule has 1 N–H and O–H groups in total. The van der Waals surface area contributed by atoms with Gasteiger partial charge in [0, 0.05) is 50.4 Å². The normalized spacial score (nSPS) is 14.3. The first kappa shape index (κ1) is 17.8. The Hall–Kier alpha value is -2.96. The smallest absolute Gasteiger partial charge is 0.219 e. The van der Waals surface area contributed by atoms with Crippen molar-refractivity contribution in [3.05, 3.63) is 41.7 Å². The number of aryl methyl sites for hydroxylation is 1. The van der Waals surface area contributed by atoms with Crippen molar-refractivity contribution < 1.29 is 9.59 Å². The van der Waals surface area contributed by atoms with E-state index in [1.807, 2.05) is 36.1 Å². The van der Waals surface area contributed by atoms with Crippen LogP contribution in [0.5, 0.6) is 0 Å². The molecule has 7 heteroatoms. The summed E-state index contributed by atoms with van der Waals surface area (Å²) in [4.78, 5) is 36.0. The number of Topliss-reactive ketones (excluding diaryl/α,β-unsaturated/α-hetero) is 1. The molecule has 1 saturated heterocycles. The van der Waals surface area contributed by atoms with Gasteiger partial charge in [-0.15, -0.1) is 0 Å². The van der Waals surface area contributed by atoms with Crippen LogP contribution in [-0.2, 0) is 4.79 Å². The van der Waals surface area contributed by atoms with Crippen molar-refractivity contribution in [2.24, 2.45) is 0 Å². The molecule has 3 rings (SSSR count). The number of aromatic nitrogens is 2. The van der Waals surface area contributed by atoms with Gasteiger partial charge in [-0.3, -0.25) is 9.59 Å². The number of carbonyl (C=O) groups is 2. The standard InChI is InChI=1S/C19H23N5O2/c1-13(25)16-5-4-6-17(11-16)22-18-12-19(21-14(2)20-18)24-9-7-23(8-10-24)15(3)26/h4-6,11-12H,7-10H2,1-3H3,(H,20,21,22). The number of benzene rings is 1. The van der Waals surface area contributed by atoms with Gasteiger partial charge in [0.1, 0.15) is 17.5 Å². The van der Waals surface area contributed by atoms with E-state index in [1.54, 1.807) is 19.9 Å². The predicted molar refractivity (Wildman–Crippen MR) is 101 cm³/mol. The first-order valence-corrected chi connectivity index (χ1v) is 8.66. The quantitative estimate of drug-likeness (QED) is 0.851. The van der Waals surface area contributed by atoms with Crippen LogP contribution in [0, 0.1) is 6.92 Å². The molecule has 1 aliphatic heterocycles. The highest BCUT2D eigenvalue weighted by Crippen LogP contribution is 2.21. The van der Waals surface area contributed by atoms with Crippen molar-refractivity contribution in [2.75, 3.05) is 36.4 Å². The highest BCUT2D eigenvalue weighted by atomic mass is 16.2. The summed E-state index contributed by atoms with van der Waals surface area (Å²) in [6.07, 6.45) is 0. The molecule has 0 bridgehead atoms. The van der Waals surface area contributed by atoms with Crippen molar-refractivity contribution in [2.45, 2.75) is 20.8 Å². The molecule has 0 radical (unpaired) electrons. The van der Waals surface area contributed by atoms with Crippen molar-refractivity contribution >= 4 is 29.0 Å². The van der Waals surface area contributed by atoms with Crippen LogP contribution in [0.25, 0.3) is 0 Å². The average Bonchev–Trinajstić information content (AvgIpc) is 2.61. The van der Waals surface area contributed by atoms with Crippen LogP contribution >= 0.6 is 0 Å². The Bertz CT molecular complexity index is 828. The summed E-state index contributed by atoms with van der Waals surface area (Å²) in [7, 11) is 0. The summed E-state index contributed by atoms with van der Waals surface area (Å²) < 4.78 is 0. The maximum Gasteiger partial charge on any atom is 0.219 e. The van der Waals surface area contributed by atoms with E-state index in [9.17, 15) is 9.59 Å². The van der Waals surface area contributed by atoms with Crippen LogP contribution in [0.3, 0.4) is 0 Å². The van der Waals surface area contributed by atoms with Gasteiger partial charge in [-0.25, -0.2) is 9.97 Å². The van der Waals surface area contributed by atoms with Gasteiger partial charge in [-0.05, 0) is 26.0 Å². The monoisotopic (exact) mass is 353 g/mol. The largest absolute Gasteiger partial charge is 0.353 e. The van der Waals surface area contributed by atoms with Crippen molar-refractivity contribution in [3.8, 4) is 0 Å². The Morgan fingerprint density at radius 1 is 1.04 bits per heavy atom. The van der Waals surface area contributed by atoms with E-state index in [0.29, 0.717) is 30.3 Å². The van der Waals surface area contributed by atoms with Gasteiger partial charge in [-0.1, -0.05) is 12.1 Å². The highest BCUT2D eigenvalue weighted by molar-refractivity contribution is 5.95. The number of ketones is 1. The Morgan fingerprint density at radius 3 is 2.42 bits per heavy atom. The Balaban J connectivity index is 1.77. The molecule has 1 aliphatic rings. The third kappa shape index (κ3) is 4.17. The van der Waals surface area contributed by atoms with Crippen LogP contribution in [-0.4, -0.2) is 52.7 Å². The zero-order chi connectivity index (χ0) is 18.7. The van der Waals surface area contributed by atoms with Crippen molar-refractivity contribution in [1.29, 1.82) is 0 Å². The molecule has 1 fully saturated rings. The first-order chi connectivity index (χ1) is 12.4. The molecule has 2 heterocycles. The zero-order valence-electron chi connectivity index (χ0n) is 15.3. The second-order valence-electron chi connectivity index (χ2n) is 6.41. The minimum absolute atomic E-state index is 0.0246. The molecule has 0 saturated carbocycles. The van der Waals surface area contributed by atoms with Gasteiger partial charge < -0.3 is 15.1 Å². The number of anilines is 3. The fourth-order valence-corrected chi connectivity index (χ4v) is 2.99. The van der Waals surface area contributed by atoms with Crippen LogP contribution in [0.1, 0.15) is 30.0 Å². The molecule has 1 aromatic heterocycles. The van der Waals surface area contributed by atoms with Crippen LogP contribution < -0.4 is 10.2 Å². The Kier molecular flexibility index (Phi) is 5.16. The van der Waals surface area contributed by atoms with E-state index in [1.165, 1.54) is 0 Å². The maximum absolute atomic E-state index is 11.6. The summed E-state index contributed by atoms with van der Waals surface area (Å²) in [6, 6.07) is 9.24. The van der Waals surface area contributed by atoms with Gasteiger partial charge in [0.25, 0.3) is 0 Å². The number of rotatable bonds is 4. The predicted octanol–water partition coefficient (Wildman–Crippen LogP) is 2.40. The third-order valence-electron chi connectivity index (χ3n) is 4.41. The van der Waals surface area contributed by atoms with Crippen LogP contribution in [0.4, 0.5) is 17.3 Å². The number of hydrogen-bond acceptors (Lipinski definition) is 6. The molecule has 1 amide bonds. The van der Waals surface area contributed by atoms with Gasteiger partial charge in [0.15, 0.2) is 5.78 Å². The van der Waals surface area contributed by atoms with E-state index in [0.717, 1.165) is 24.6 Å². The van der Waals surface area contributed by atoms with Crippen molar-refractivity contribution in [1.82, 2.24) is 14.9 Å². The molecule has 0 aliphatic carbocycles. The molecule has 2 aromatic rings. The zero-order valence-corrected chi connectivity index (χ0v) is 15.3. The molecule has 7 nitrogen and oxygen atoms in total. The third-order valence-corrected chi connectivity index (χ3v) is 4.41. The summed E-state index contributed by atoms with van der Waals surface area (Å²) in [5.41, 5.74) is 1.46. The van der Waals surface area contributed by atoms with E-state index >= 15 is 0 Å². The maximum atomic E-state index is 11.6. The van der Waals surface area contributed by atoms with Gasteiger partial charge in [0.05, 0.1) is 0 Å². The minimum Gasteiger partial charge on any atom is -0.353 e. The summed E-state index contributed by atoms with van der Waals surface area (Å²) >= 11 is 0. The summed E-state index contributed by atoms with van der Waals surface area (Å²) in [6.45, 7) is 7.88. The highest BCUT2D eigenvalue weighted by Gasteiger charge is 2.20. The average molecular weight is 353 g/mol. The lowest BCUT2D eigenvalue weighted by Gasteiger charge is -2.35. The number of nitrogens with zero attached hydrogens (tertiary/aromatic N) is 4. The second kappa shape index (κ2) is 7.51. The van der Waals surface area contributed by atoms with E-state index in [4.69, 9.17) is 0 Å². The molecule has 0 unspecified atom stereocenters. The number of nitrogens with one attached hydrogen (secondary N) is 1. The van der Waals surface area contributed by atoms with Crippen LogP contribution in [0.2, 0.25) is 0 Å². The molecule has 0 spiro atoms. The van der Waals surface area contributed by atoms with Crippen LogP contribution in [0.15, 0.2) is 30.3 Å². The number of hydrogen-bond donors (Lipinski definition) is 1. The van der Waals surface area contributed by atoms with E-state index in [-0.39, 0.29) is 11.7 Å². The lowest BCUT2D eigenvalue weighted by Crippen LogP contribution is -2.48. The second-order valence-corrected chi connectivity index (χ2v) is 6.41. The first-order valence-electron chi connectivity index (χ1n) is 8.66. The Labute approximate surface area is 153 Å². The summed E-state index contributed by atoms with van der Waals surface area (Å²) in [5.74, 6) is 2.32. The van der Waals surface area contributed by atoms with Crippen molar-refractivity contribution in [3.63, 3.8) is 0 Å². The van der Waals surface area contributed by atoms with Gasteiger partial charge in [0.2, 0.25) is 5.91 Å². The van der Waals surface area contributed by atoms with Gasteiger partial charge >= 0.3 is 0 Å². The number of piperazine rings is 1. The minimum atomic E-state index is 0.0246. The molecule has 1 aromatic carbocycles. The molecule has 136 valence electrons. The molecular weight excluding hydrogens is 330 g/mol. The summed E-state index contributed by atoms with van der Waals surface area (Å²) in [5, 5.41) is 3.25. The lowest BCUT2D eigenvalue weighted by atomic mass is 10.1. The number of amides is 1.